The van der Waals surface area contributed by atoms with Gasteiger partial charge in [0.2, 0.25) is 5.89 Å². The van der Waals surface area contributed by atoms with Gasteiger partial charge in [-0.15, -0.1) is 11.8 Å². The van der Waals surface area contributed by atoms with Gasteiger partial charge in [-0.2, -0.15) is 4.98 Å². The third-order valence-electron chi connectivity index (χ3n) is 2.69. The van der Waals surface area contributed by atoms with E-state index in [4.69, 9.17) is 10.3 Å². The Morgan fingerprint density at radius 2 is 2.17 bits per heavy atom. The van der Waals surface area contributed by atoms with E-state index >= 15 is 0 Å². The Hall–Kier alpha value is -1.33. The van der Waals surface area contributed by atoms with Crippen LogP contribution >= 0.6 is 11.8 Å². The van der Waals surface area contributed by atoms with Crippen LogP contribution in [0.5, 0.6) is 0 Å². The van der Waals surface area contributed by atoms with E-state index in [0.717, 1.165) is 6.42 Å². The predicted octanol–water partition coefficient (Wildman–Crippen LogP) is 3.08. The summed E-state index contributed by atoms with van der Waals surface area (Å²) in [5.41, 5.74) is 7.10. The normalized spacial score (nSPS) is 12.6. The highest BCUT2D eigenvalue weighted by molar-refractivity contribution is 7.98. The van der Waals surface area contributed by atoms with Gasteiger partial charge in [0.25, 0.3) is 0 Å². The minimum atomic E-state index is -0.158. The molecule has 1 heterocycles. The molecule has 0 saturated carbocycles. The lowest BCUT2D eigenvalue weighted by molar-refractivity contribution is 0.349. The van der Waals surface area contributed by atoms with Gasteiger partial charge in [0.15, 0.2) is 5.82 Å². The molecule has 0 fully saturated rings. The Labute approximate surface area is 111 Å². The van der Waals surface area contributed by atoms with Gasteiger partial charge >= 0.3 is 0 Å². The lowest BCUT2D eigenvalue weighted by Crippen LogP contribution is -2.08. The second-order valence-corrected chi connectivity index (χ2v) is 5.13. The Kier molecular flexibility index (Phi) is 4.38. The molecule has 5 heteroatoms. The van der Waals surface area contributed by atoms with E-state index in [9.17, 15) is 0 Å². The summed E-state index contributed by atoms with van der Waals surface area (Å²) < 4.78 is 5.14. The van der Waals surface area contributed by atoms with Gasteiger partial charge in [-0.05, 0) is 25.0 Å². The average molecular weight is 263 g/mol. The number of thioether (sulfide) groups is 1. The zero-order chi connectivity index (χ0) is 13.0. The highest BCUT2D eigenvalue weighted by Crippen LogP contribution is 2.25. The standard InChI is InChI=1S/C13H17N3OS/c1-3-10(14)13-15-12(16-17-13)8-18-11-7-5-4-6-9(11)2/h4-7,10H,3,8,14H2,1-2H3/t10-/m1/s1. The number of aryl methyl sites for hydroxylation is 1. The average Bonchev–Trinajstić information content (AvgIpc) is 2.86. The predicted molar refractivity (Wildman–Crippen MR) is 72.3 cm³/mol. The molecule has 2 N–H and O–H groups in total. The summed E-state index contributed by atoms with van der Waals surface area (Å²) >= 11 is 1.71. The molecule has 96 valence electrons. The molecule has 4 nitrogen and oxygen atoms in total. The lowest BCUT2D eigenvalue weighted by atomic mass is 10.2. The molecular weight excluding hydrogens is 246 g/mol. The molecule has 2 rings (SSSR count). The maximum Gasteiger partial charge on any atom is 0.243 e. The fourth-order valence-electron chi connectivity index (χ4n) is 1.51. The zero-order valence-electron chi connectivity index (χ0n) is 10.6. The van der Waals surface area contributed by atoms with Gasteiger partial charge in [-0.3, -0.25) is 0 Å². The minimum Gasteiger partial charge on any atom is -0.338 e. The molecule has 0 saturated heterocycles. The Balaban J connectivity index is 1.98. The van der Waals surface area contributed by atoms with Crippen molar-refractivity contribution in [2.24, 2.45) is 5.73 Å². The molecule has 18 heavy (non-hydrogen) atoms. The van der Waals surface area contributed by atoms with E-state index in [1.807, 2.05) is 19.1 Å². The summed E-state index contributed by atoms with van der Waals surface area (Å²) in [6.45, 7) is 4.09. The van der Waals surface area contributed by atoms with Crippen molar-refractivity contribution in [2.75, 3.05) is 0 Å². The van der Waals surface area contributed by atoms with Crippen molar-refractivity contribution < 1.29 is 4.52 Å². The molecule has 1 aromatic carbocycles. The third kappa shape index (κ3) is 3.11. The van der Waals surface area contributed by atoms with Crippen LogP contribution in [0.1, 0.15) is 36.7 Å². The SMILES string of the molecule is CC[C@@H](N)c1nc(CSc2ccccc2C)no1. The van der Waals surface area contributed by atoms with Crippen molar-refractivity contribution in [2.45, 2.75) is 37.0 Å². The van der Waals surface area contributed by atoms with Crippen LogP contribution in [0, 0.1) is 6.92 Å². The quantitative estimate of drug-likeness (QED) is 0.840. The minimum absolute atomic E-state index is 0.158. The molecule has 1 atom stereocenters. The molecule has 2 aromatic rings. The first-order chi connectivity index (χ1) is 8.70. The van der Waals surface area contributed by atoms with Crippen LogP contribution in [0.4, 0.5) is 0 Å². The molecule has 0 radical (unpaired) electrons. The molecule has 0 aliphatic heterocycles. The molecule has 0 aliphatic rings. The Bertz CT molecular complexity index is 512. The van der Waals surface area contributed by atoms with Crippen LogP contribution in [0.3, 0.4) is 0 Å². The first kappa shape index (κ1) is 13.1. The molecule has 0 spiro atoms. The van der Waals surface area contributed by atoms with Crippen LogP contribution in [0.25, 0.3) is 0 Å². The van der Waals surface area contributed by atoms with Gasteiger partial charge in [0.05, 0.1) is 11.8 Å². The second kappa shape index (κ2) is 6.02. The van der Waals surface area contributed by atoms with Crippen LogP contribution < -0.4 is 5.73 Å². The molecular formula is C13H17N3OS. The van der Waals surface area contributed by atoms with Crippen LogP contribution in [0.15, 0.2) is 33.7 Å². The summed E-state index contributed by atoms with van der Waals surface area (Å²) in [4.78, 5) is 5.54. The molecule has 0 unspecified atom stereocenters. The number of nitrogens with zero attached hydrogens (tertiary/aromatic N) is 2. The number of benzene rings is 1. The third-order valence-corrected chi connectivity index (χ3v) is 3.86. The van der Waals surface area contributed by atoms with Crippen molar-refractivity contribution in [3.8, 4) is 0 Å². The highest BCUT2D eigenvalue weighted by Gasteiger charge is 2.12. The largest absolute Gasteiger partial charge is 0.338 e. The number of hydrogen-bond donors (Lipinski definition) is 1. The highest BCUT2D eigenvalue weighted by atomic mass is 32.2. The first-order valence-electron chi connectivity index (χ1n) is 5.97. The maximum atomic E-state index is 5.84. The molecule has 0 aliphatic carbocycles. The summed E-state index contributed by atoms with van der Waals surface area (Å²) in [5.74, 6) is 1.92. The van der Waals surface area contributed by atoms with Crippen LogP contribution in [-0.2, 0) is 5.75 Å². The van der Waals surface area contributed by atoms with Crippen molar-refractivity contribution in [1.29, 1.82) is 0 Å². The molecule has 0 amide bonds. The topological polar surface area (TPSA) is 64.9 Å². The van der Waals surface area contributed by atoms with Gasteiger partial charge in [0, 0.05) is 4.90 Å². The van der Waals surface area contributed by atoms with Gasteiger partial charge < -0.3 is 10.3 Å². The first-order valence-corrected chi connectivity index (χ1v) is 6.95. The summed E-state index contributed by atoms with van der Waals surface area (Å²) in [7, 11) is 0. The molecule has 1 aromatic heterocycles. The van der Waals surface area contributed by atoms with Gasteiger partial charge in [0.1, 0.15) is 0 Å². The summed E-state index contributed by atoms with van der Waals surface area (Å²) in [6, 6.07) is 8.10. The second-order valence-electron chi connectivity index (χ2n) is 4.12. The molecule has 0 bridgehead atoms. The van der Waals surface area contributed by atoms with Gasteiger partial charge in [-0.1, -0.05) is 30.3 Å². The smallest absolute Gasteiger partial charge is 0.243 e. The van der Waals surface area contributed by atoms with E-state index in [-0.39, 0.29) is 6.04 Å². The lowest BCUT2D eigenvalue weighted by Gasteiger charge is -2.02. The van der Waals surface area contributed by atoms with Crippen LogP contribution in [0.2, 0.25) is 0 Å². The van der Waals surface area contributed by atoms with E-state index in [1.54, 1.807) is 11.8 Å². The Morgan fingerprint density at radius 1 is 1.39 bits per heavy atom. The number of aromatic nitrogens is 2. The monoisotopic (exact) mass is 263 g/mol. The van der Waals surface area contributed by atoms with Crippen molar-refractivity contribution in [3.05, 3.63) is 41.5 Å². The Morgan fingerprint density at radius 3 is 2.89 bits per heavy atom. The summed E-state index contributed by atoms with van der Waals surface area (Å²) in [6.07, 6.45) is 0.798. The van der Waals surface area contributed by atoms with Crippen molar-refractivity contribution >= 4 is 11.8 Å². The van der Waals surface area contributed by atoms with E-state index < -0.39 is 0 Å². The number of hydrogen-bond acceptors (Lipinski definition) is 5. The van der Waals surface area contributed by atoms with Crippen molar-refractivity contribution in [3.63, 3.8) is 0 Å². The van der Waals surface area contributed by atoms with E-state index in [0.29, 0.717) is 17.5 Å². The number of nitrogens with two attached hydrogens (primary N) is 1. The fraction of sp³-hybridized carbons (Fsp3) is 0.385. The maximum absolute atomic E-state index is 5.84. The number of rotatable bonds is 5. The van der Waals surface area contributed by atoms with Crippen LogP contribution in [-0.4, -0.2) is 10.1 Å². The summed E-state index contributed by atoms with van der Waals surface area (Å²) in [5, 5.41) is 3.94. The van der Waals surface area contributed by atoms with E-state index in [1.165, 1.54) is 10.5 Å². The van der Waals surface area contributed by atoms with E-state index in [2.05, 4.69) is 29.2 Å². The fourth-order valence-corrected chi connectivity index (χ4v) is 2.38. The zero-order valence-corrected chi connectivity index (χ0v) is 11.4. The van der Waals surface area contributed by atoms with Crippen molar-refractivity contribution in [1.82, 2.24) is 10.1 Å². The van der Waals surface area contributed by atoms with Gasteiger partial charge in [-0.25, -0.2) is 0 Å².